The third kappa shape index (κ3) is 3.88. The normalized spacial score (nSPS) is 17.9. The van der Waals surface area contributed by atoms with Crippen molar-refractivity contribution >= 4 is 27.3 Å². The Morgan fingerprint density at radius 3 is 2.62 bits per heavy atom. The zero-order chi connectivity index (χ0) is 18.7. The fourth-order valence-electron chi connectivity index (χ4n) is 3.02. The Labute approximate surface area is 153 Å². The maximum Gasteiger partial charge on any atom is 0.257 e. The molecule has 2 heterocycles. The van der Waals surface area contributed by atoms with Gasteiger partial charge in [0.15, 0.2) is 11.6 Å². The molecule has 0 bridgehead atoms. The number of nitrogens with two attached hydrogens (primary N) is 1. The minimum absolute atomic E-state index is 0.160. The lowest BCUT2D eigenvalue weighted by Gasteiger charge is -2.35. The highest BCUT2D eigenvalue weighted by molar-refractivity contribution is 7.89. The first-order chi connectivity index (χ1) is 12.4. The smallest absolute Gasteiger partial charge is 0.257 e. The minimum atomic E-state index is -3.73. The molecular weight excluding hydrogens is 352 g/mol. The quantitative estimate of drug-likeness (QED) is 0.684. The monoisotopic (exact) mass is 376 g/mol. The number of aryl methyl sites for hydroxylation is 1. The van der Waals surface area contributed by atoms with E-state index in [0.29, 0.717) is 17.5 Å². The van der Waals surface area contributed by atoms with E-state index in [0.717, 1.165) is 24.9 Å². The second kappa shape index (κ2) is 7.46. The molecule has 1 atom stereocenters. The molecule has 4 N–H and O–H groups in total. The molecule has 0 radical (unpaired) electrons. The van der Waals surface area contributed by atoms with Crippen LogP contribution in [0.2, 0.25) is 0 Å². The number of nitrogens with one attached hydrogen (secondary N) is 2. The van der Waals surface area contributed by atoms with Crippen LogP contribution in [0.5, 0.6) is 0 Å². The Bertz CT molecular complexity index is 869. The van der Waals surface area contributed by atoms with Gasteiger partial charge in [0.1, 0.15) is 12.0 Å². The average molecular weight is 376 g/mol. The molecule has 26 heavy (non-hydrogen) atoms. The fraction of sp³-hybridized carbons (Fsp3) is 0.412. The van der Waals surface area contributed by atoms with Crippen LogP contribution in [-0.2, 0) is 10.0 Å². The Hall–Kier alpha value is -2.39. The number of rotatable bonds is 5. The Kier molecular flexibility index (Phi) is 5.28. The summed E-state index contributed by atoms with van der Waals surface area (Å²) in [5.74, 6) is 0.868. The van der Waals surface area contributed by atoms with Crippen molar-refractivity contribution in [2.45, 2.75) is 44.0 Å². The fourth-order valence-corrected chi connectivity index (χ4v) is 3.86. The number of aromatic nitrogens is 2. The molecule has 0 aliphatic carbocycles. The number of hydrogen-bond acceptors (Lipinski definition) is 7. The number of sulfonamides is 1. The van der Waals surface area contributed by atoms with E-state index in [2.05, 4.69) is 32.0 Å². The van der Waals surface area contributed by atoms with Gasteiger partial charge in [0.25, 0.3) is 10.0 Å². The number of piperidine rings is 1. The Morgan fingerprint density at radius 2 is 1.92 bits per heavy atom. The largest absolute Gasteiger partial charge is 0.393 e. The van der Waals surface area contributed by atoms with E-state index in [1.54, 1.807) is 24.3 Å². The molecule has 1 aromatic heterocycles. The van der Waals surface area contributed by atoms with Gasteiger partial charge in [-0.25, -0.2) is 18.4 Å². The molecule has 140 valence electrons. The van der Waals surface area contributed by atoms with E-state index >= 15 is 0 Å². The van der Waals surface area contributed by atoms with Crippen LogP contribution in [0.3, 0.4) is 0 Å². The Balaban J connectivity index is 1.78. The summed E-state index contributed by atoms with van der Waals surface area (Å²) in [6.45, 7) is 4.90. The number of hydrogen-bond donors (Lipinski definition) is 3. The van der Waals surface area contributed by atoms with Crippen molar-refractivity contribution in [3.8, 4) is 0 Å². The van der Waals surface area contributed by atoms with Crippen LogP contribution in [-0.4, -0.2) is 31.0 Å². The molecule has 0 amide bonds. The lowest BCUT2D eigenvalue weighted by molar-refractivity contribution is 0.481. The third-order valence-corrected chi connectivity index (χ3v) is 5.84. The van der Waals surface area contributed by atoms with Gasteiger partial charge in [-0.15, -0.1) is 4.83 Å². The van der Waals surface area contributed by atoms with Gasteiger partial charge in [-0.05, 0) is 45.2 Å². The maximum atomic E-state index is 12.4. The third-order valence-electron chi connectivity index (χ3n) is 4.57. The summed E-state index contributed by atoms with van der Waals surface area (Å²) in [5, 5.41) is 0. The predicted octanol–water partition coefficient (Wildman–Crippen LogP) is 2.05. The molecule has 1 saturated heterocycles. The van der Waals surface area contributed by atoms with Crippen LogP contribution >= 0.6 is 0 Å². The lowest BCUT2D eigenvalue weighted by atomic mass is 10.0. The highest BCUT2D eigenvalue weighted by Crippen LogP contribution is 2.30. The number of nitrogen functional groups attached to an aromatic ring is 1. The van der Waals surface area contributed by atoms with Crippen LogP contribution in [0.25, 0.3) is 0 Å². The van der Waals surface area contributed by atoms with E-state index in [4.69, 9.17) is 5.73 Å². The molecule has 8 nitrogen and oxygen atoms in total. The zero-order valence-electron chi connectivity index (χ0n) is 14.9. The van der Waals surface area contributed by atoms with Gasteiger partial charge in [0, 0.05) is 12.6 Å². The van der Waals surface area contributed by atoms with Crippen molar-refractivity contribution in [1.82, 2.24) is 14.8 Å². The summed E-state index contributed by atoms with van der Waals surface area (Å²) < 4.78 is 24.8. The molecule has 9 heteroatoms. The van der Waals surface area contributed by atoms with Gasteiger partial charge in [0.2, 0.25) is 0 Å². The van der Waals surface area contributed by atoms with Crippen molar-refractivity contribution in [3.63, 3.8) is 0 Å². The zero-order valence-corrected chi connectivity index (χ0v) is 15.8. The molecule has 1 unspecified atom stereocenters. The standard InChI is InChI=1S/C17H24N6O2S/c1-12-6-8-14(9-7-12)26(24,25)22-21-16-15(18)17(20-11-19-16)23-10-4-3-5-13(23)2/h6-9,11,13,22H,3-5,10,18H2,1-2H3,(H,19,20,21). The maximum absolute atomic E-state index is 12.4. The lowest BCUT2D eigenvalue weighted by Crippen LogP contribution is -2.39. The van der Waals surface area contributed by atoms with Crippen LogP contribution in [0.4, 0.5) is 17.3 Å². The van der Waals surface area contributed by atoms with Gasteiger partial charge >= 0.3 is 0 Å². The van der Waals surface area contributed by atoms with Gasteiger partial charge in [-0.2, -0.15) is 0 Å². The average Bonchev–Trinajstić information content (AvgIpc) is 2.62. The Morgan fingerprint density at radius 1 is 1.19 bits per heavy atom. The summed E-state index contributed by atoms with van der Waals surface area (Å²) in [4.78, 5) is 13.0. The van der Waals surface area contributed by atoms with E-state index in [-0.39, 0.29) is 10.7 Å². The van der Waals surface area contributed by atoms with Crippen LogP contribution < -0.4 is 20.9 Å². The number of hydrazine groups is 1. The SMILES string of the molecule is Cc1ccc(S(=O)(=O)NNc2ncnc(N3CCCCC3C)c2N)cc1. The summed E-state index contributed by atoms with van der Waals surface area (Å²) in [6.07, 6.45) is 4.72. The van der Waals surface area contributed by atoms with Crippen LogP contribution in [0.1, 0.15) is 31.7 Å². The molecule has 1 aliphatic rings. The van der Waals surface area contributed by atoms with Crippen molar-refractivity contribution < 1.29 is 8.42 Å². The molecule has 1 fully saturated rings. The van der Waals surface area contributed by atoms with Gasteiger partial charge in [0.05, 0.1) is 4.90 Å². The van der Waals surface area contributed by atoms with E-state index in [1.165, 1.54) is 12.7 Å². The second-order valence-corrected chi connectivity index (χ2v) is 8.22. The minimum Gasteiger partial charge on any atom is -0.393 e. The molecule has 0 spiro atoms. The predicted molar refractivity (Wildman–Crippen MR) is 102 cm³/mol. The summed E-state index contributed by atoms with van der Waals surface area (Å²) >= 11 is 0. The van der Waals surface area contributed by atoms with Crippen molar-refractivity contribution in [2.75, 3.05) is 22.6 Å². The van der Waals surface area contributed by atoms with Crippen molar-refractivity contribution in [3.05, 3.63) is 36.2 Å². The number of nitrogens with zero attached hydrogens (tertiary/aromatic N) is 3. The first kappa shape index (κ1) is 18.4. The number of benzene rings is 1. The number of anilines is 3. The molecule has 1 aromatic carbocycles. The van der Waals surface area contributed by atoms with Gasteiger partial charge in [-0.1, -0.05) is 17.7 Å². The highest BCUT2D eigenvalue weighted by atomic mass is 32.2. The summed E-state index contributed by atoms with van der Waals surface area (Å²) in [7, 11) is -3.73. The molecule has 0 saturated carbocycles. The van der Waals surface area contributed by atoms with Crippen LogP contribution in [0, 0.1) is 6.92 Å². The van der Waals surface area contributed by atoms with E-state index in [9.17, 15) is 8.42 Å². The van der Waals surface area contributed by atoms with Gasteiger partial charge in [-0.3, -0.25) is 5.43 Å². The first-order valence-electron chi connectivity index (χ1n) is 8.60. The molecule has 3 rings (SSSR count). The van der Waals surface area contributed by atoms with Crippen molar-refractivity contribution in [1.29, 1.82) is 0 Å². The summed E-state index contributed by atoms with van der Waals surface area (Å²) in [5.41, 5.74) is 10.1. The highest BCUT2D eigenvalue weighted by Gasteiger charge is 2.23. The van der Waals surface area contributed by atoms with Crippen molar-refractivity contribution in [2.24, 2.45) is 0 Å². The van der Waals surface area contributed by atoms with Gasteiger partial charge < -0.3 is 10.6 Å². The summed E-state index contributed by atoms with van der Waals surface area (Å²) in [6, 6.07) is 6.90. The first-order valence-corrected chi connectivity index (χ1v) is 10.1. The molecular formula is C17H24N6O2S. The molecule has 1 aliphatic heterocycles. The topological polar surface area (TPSA) is 113 Å². The van der Waals surface area contributed by atoms with E-state index in [1.807, 2.05) is 6.92 Å². The molecule has 2 aromatic rings. The second-order valence-electron chi connectivity index (χ2n) is 6.54. The van der Waals surface area contributed by atoms with E-state index < -0.39 is 10.0 Å². The van der Waals surface area contributed by atoms with Crippen LogP contribution in [0.15, 0.2) is 35.5 Å².